The fraction of sp³-hybridized carbons (Fsp3) is 0.269. The predicted octanol–water partition coefficient (Wildman–Crippen LogP) is 4.19. The van der Waals surface area contributed by atoms with Gasteiger partial charge in [0, 0.05) is 42.6 Å². The Morgan fingerprint density at radius 2 is 1.58 bits per heavy atom. The SMILES string of the molecule is COc1ccc(NS(=O)(=O)c2ccc(OCC(=O)N3CCN(c4cc(Cl)ccc4C)CC3)cc2)cc1. The average molecular weight is 530 g/mol. The number of rotatable bonds is 8. The van der Waals surface area contributed by atoms with Crippen molar-refractivity contribution in [2.24, 2.45) is 0 Å². The van der Waals surface area contributed by atoms with Gasteiger partial charge in [-0.1, -0.05) is 17.7 Å². The van der Waals surface area contributed by atoms with Crippen molar-refractivity contribution in [1.29, 1.82) is 0 Å². The molecule has 0 aliphatic carbocycles. The van der Waals surface area contributed by atoms with Crippen molar-refractivity contribution in [3.8, 4) is 11.5 Å². The number of hydrogen-bond acceptors (Lipinski definition) is 6. The molecule has 1 aliphatic heterocycles. The number of anilines is 2. The van der Waals surface area contributed by atoms with Crippen LogP contribution in [0.15, 0.2) is 71.6 Å². The number of carbonyl (C=O) groups excluding carboxylic acids is 1. The number of amides is 1. The van der Waals surface area contributed by atoms with E-state index in [0.717, 1.165) is 11.3 Å². The lowest BCUT2D eigenvalue weighted by Gasteiger charge is -2.36. The number of sulfonamides is 1. The van der Waals surface area contributed by atoms with Crippen LogP contribution in [0.4, 0.5) is 11.4 Å². The van der Waals surface area contributed by atoms with E-state index in [1.807, 2.05) is 25.1 Å². The number of nitrogens with zero attached hydrogens (tertiary/aromatic N) is 2. The van der Waals surface area contributed by atoms with Crippen molar-refractivity contribution in [2.75, 3.05) is 49.5 Å². The number of methoxy groups -OCH3 is 1. The Morgan fingerprint density at radius 1 is 0.944 bits per heavy atom. The Labute approximate surface area is 216 Å². The molecule has 0 radical (unpaired) electrons. The van der Waals surface area contributed by atoms with Crippen molar-refractivity contribution < 1.29 is 22.7 Å². The molecule has 3 aromatic rings. The second-order valence-corrected chi connectivity index (χ2v) is 10.5. The molecule has 1 saturated heterocycles. The van der Waals surface area contributed by atoms with Gasteiger partial charge in [-0.15, -0.1) is 0 Å². The van der Waals surface area contributed by atoms with Crippen molar-refractivity contribution in [3.05, 3.63) is 77.3 Å². The fourth-order valence-corrected chi connectivity index (χ4v) is 5.17. The van der Waals surface area contributed by atoms with E-state index in [1.54, 1.807) is 36.3 Å². The molecule has 1 amide bonds. The number of piperazine rings is 1. The minimum absolute atomic E-state index is 0.0874. The zero-order valence-electron chi connectivity index (χ0n) is 20.1. The molecule has 1 aliphatic rings. The van der Waals surface area contributed by atoms with Gasteiger partial charge in [-0.25, -0.2) is 8.42 Å². The lowest BCUT2D eigenvalue weighted by molar-refractivity contribution is -0.133. The zero-order valence-corrected chi connectivity index (χ0v) is 21.7. The molecule has 3 aromatic carbocycles. The van der Waals surface area contributed by atoms with E-state index in [0.29, 0.717) is 48.4 Å². The Kier molecular flexibility index (Phi) is 7.91. The summed E-state index contributed by atoms with van der Waals surface area (Å²) in [5.74, 6) is 0.933. The molecule has 8 nitrogen and oxygen atoms in total. The van der Waals surface area contributed by atoms with E-state index < -0.39 is 10.0 Å². The topological polar surface area (TPSA) is 88.2 Å². The van der Waals surface area contributed by atoms with E-state index in [9.17, 15) is 13.2 Å². The number of halogens is 1. The van der Waals surface area contributed by atoms with E-state index in [1.165, 1.54) is 24.3 Å². The molecule has 0 unspecified atom stereocenters. The zero-order chi connectivity index (χ0) is 25.7. The molecule has 4 rings (SSSR count). The minimum atomic E-state index is -3.77. The number of aryl methyl sites for hydroxylation is 1. The summed E-state index contributed by atoms with van der Waals surface area (Å²) in [6.07, 6.45) is 0. The van der Waals surface area contributed by atoms with Gasteiger partial charge in [0.15, 0.2) is 6.61 Å². The summed E-state index contributed by atoms with van der Waals surface area (Å²) < 4.78 is 38.5. The average Bonchev–Trinajstić information content (AvgIpc) is 2.89. The predicted molar refractivity (Wildman–Crippen MR) is 141 cm³/mol. The number of hydrogen-bond donors (Lipinski definition) is 1. The van der Waals surface area contributed by atoms with Gasteiger partial charge in [0.1, 0.15) is 11.5 Å². The van der Waals surface area contributed by atoms with E-state index >= 15 is 0 Å². The van der Waals surface area contributed by atoms with Gasteiger partial charge < -0.3 is 19.3 Å². The van der Waals surface area contributed by atoms with Crippen LogP contribution in [0, 0.1) is 6.92 Å². The molecule has 1 N–H and O–H groups in total. The third kappa shape index (κ3) is 6.22. The maximum absolute atomic E-state index is 12.7. The largest absolute Gasteiger partial charge is 0.497 e. The number of benzene rings is 3. The van der Waals surface area contributed by atoms with Crippen LogP contribution in [0.3, 0.4) is 0 Å². The summed E-state index contributed by atoms with van der Waals surface area (Å²) >= 11 is 6.15. The van der Waals surface area contributed by atoms with Crippen LogP contribution >= 0.6 is 11.6 Å². The first-order valence-electron chi connectivity index (χ1n) is 11.4. The summed E-state index contributed by atoms with van der Waals surface area (Å²) in [5, 5.41) is 0.692. The summed E-state index contributed by atoms with van der Waals surface area (Å²) in [7, 11) is -2.23. The Hall–Kier alpha value is -3.43. The van der Waals surface area contributed by atoms with Gasteiger partial charge in [-0.3, -0.25) is 9.52 Å². The van der Waals surface area contributed by atoms with Gasteiger partial charge >= 0.3 is 0 Å². The van der Waals surface area contributed by atoms with Crippen LogP contribution in [0.25, 0.3) is 0 Å². The van der Waals surface area contributed by atoms with E-state index in [2.05, 4.69) is 9.62 Å². The minimum Gasteiger partial charge on any atom is -0.497 e. The molecular formula is C26H28ClN3O5S. The smallest absolute Gasteiger partial charge is 0.261 e. The Bertz CT molecular complexity index is 1310. The molecule has 10 heteroatoms. The number of nitrogens with one attached hydrogen (secondary N) is 1. The monoisotopic (exact) mass is 529 g/mol. The maximum atomic E-state index is 12.7. The first kappa shape index (κ1) is 25.7. The van der Waals surface area contributed by atoms with Gasteiger partial charge in [0.25, 0.3) is 15.9 Å². The highest BCUT2D eigenvalue weighted by Gasteiger charge is 2.23. The summed E-state index contributed by atoms with van der Waals surface area (Å²) in [6, 6.07) is 18.4. The molecule has 0 bridgehead atoms. The van der Waals surface area contributed by atoms with Crippen LogP contribution in [0.2, 0.25) is 5.02 Å². The highest BCUT2D eigenvalue weighted by Crippen LogP contribution is 2.25. The third-order valence-electron chi connectivity index (χ3n) is 5.98. The third-order valence-corrected chi connectivity index (χ3v) is 7.62. The molecule has 0 atom stereocenters. The lowest BCUT2D eigenvalue weighted by atomic mass is 10.1. The lowest BCUT2D eigenvalue weighted by Crippen LogP contribution is -2.50. The Morgan fingerprint density at radius 3 is 2.22 bits per heavy atom. The first-order valence-corrected chi connectivity index (χ1v) is 13.3. The molecule has 36 heavy (non-hydrogen) atoms. The van der Waals surface area contributed by atoms with E-state index in [-0.39, 0.29) is 17.4 Å². The van der Waals surface area contributed by atoms with E-state index in [4.69, 9.17) is 21.1 Å². The fourth-order valence-electron chi connectivity index (χ4n) is 3.94. The van der Waals surface area contributed by atoms with Crippen molar-refractivity contribution in [2.45, 2.75) is 11.8 Å². The quantitative estimate of drug-likeness (QED) is 0.471. The number of carbonyl (C=O) groups is 1. The summed E-state index contributed by atoms with van der Waals surface area (Å²) in [6.45, 7) is 4.52. The molecule has 1 heterocycles. The second-order valence-electron chi connectivity index (χ2n) is 8.39. The maximum Gasteiger partial charge on any atom is 0.261 e. The molecular weight excluding hydrogens is 502 g/mol. The van der Waals surface area contributed by atoms with Gasteiger partial charge in [-0.2, -0.15) is 0 Å². The van der Waals surface area contributed by atoms with Crippen molar-refractivity contribution in [3.63, 3.8) is 0 Å². The summed E-state index contributed by atoms with van der Waals surface area (Å²) in [4.78, 5) is 16.7. The molecule has 0 spiro atoms. The molecule has 1 fully saturated rings. The van der Waals surface area contributed by atoms with Crippen molar-refractivity contribution >= 4 is 38.9 Å². The van der Waals surface area contributed by atoms with Crippen LogP contribution in [0.5, 0.6) is 11.5 Å². The van der Waals surface area contributed by atoms with Gasteiger partial charge in [0.2, 0.25) is 0 Å². The van der Waals surface area contributed by atoms with Crippen LogP contribution in [-0.4, -0.2) is 59.1 Å². The highest BCUT2D eigenvalue weighted by atomic mass is 35.5. The van der Waals surface area contributed by atoms with Crippen LogP contribution in [0.1, 0.15) is 5.56 Å². The molecule has 0 saturated carbocycles. The molecule has 0 aromatic heterocycles. The van der Waals surface area contributed by atoms with Crippen LogP contribution in [-0.2, 0) is 14.8 Å². The normalized spacial score (nSPS) is 13.9. The molecule has 190 valence electrons. The van der Waals surface area contributed by atoms with Gasteiger partial charge in [-0.05, 0) is 73.2 Å². The summed E-state index contributed by atoms with van der Waals surface area (Å²) in [5.41, 5.74) is 2.65. The first-order chi connectivity index (χ1) is 17.2. The van der Waals surface area contributed by atoms with Crippen molar-refractivity contribution in [1.82, 2.24) is 4.90 Å². The Balaban J connectivity index is 1.28. The van der Waals surface area contributed by atoms with Gasteiger partial charge in [0.05, 0.1) is 12.0 Å². The standard InChI is InChI=1S/C26H28ClN3O5S/c1-19-3-4-20(27)17-25(19)29-13-15-30(16-14-29)26(31)18-35-23-9-11-24(12-10-23)36(32,33)28-21-5-7-22(34-2)8-6-21/h3-12,17,28H,13-16,18H2,1-2H3. The number of ether oxygens (including phenoxy) is 2. The highest BCUT2D eigenvalue weighted by molar-refractivity contribution is 7.92. The van der Waals surface area contributed by atoms with Crippen LogP contribution < -0.4 is 19.1 Å². The second kappa shape index (κ2) is 11.1.